The highest BCUT2D eigenvalue weighted by molar-refractivity contribution is 6.08. The van der Waals surface area contributed by atoms with E-state index in [0.29, 0.717) is 35.3 Å². The molecule has 3 aromatic rings. The molecule has 0 saturated carbocycles. The molecular formula is C23H29N7O2. The van der Waals surface area contributed by atoms with Crippen LogP contribution in [0, 0.1) is 10.8 Å². The fourth-order valence-electron chi connectivity index (χ4n) is 2.98. The van der Waals surface area contributed by atoms with E-state index in [1.54, 1.807) is 32.8 Å². The molecule has 5 N–H and O–H groups in total. The fraction of sp³-hybridized carbons (Fsp3) is 0.304. The van der Waals surface area contributed by atoms with Crippen LogP contribution in [0.3, 0.4) is 0 Å². The highest BCUT2D eigenvalue weighted by Crippen LogP contribution is 2.30. The number of methoxy groups -OCH3 is 1. The lowest BCUT2D eigenvalue weighted by Crippen LogP contribution is -2.27. The van der Waals surface area contributed by atoms with Gasteiger partial charge in [-0.15, -0.1) is 0 Å². The Bertz CT molecular complexity index is 1130. The Morgan fingerprint density at radius 1 is 1.25 bits per heavy atom. The van der Waals surface area contributed by atoms with Crippen molar-refractivity contribution < 1.29 is 9.84 Å². The number of rotatable bonds is 10. The van der Waals surface area contributed by atoms with Gasteiger partial charge in [0.05, 0.1) is 12.8 Å². The standard InChI is InChI=1S/C23H29N7O2/c1-23(2,14-31)13-28-21-20-16(7-8-26-21)12-27-22(30-20)29-18-6-5-15(9-19(18)32-4)17(10-24)11-25-3/h5-12,24-25,31H,13-14H2,1-4H3,(H,26,28)(H,27,29,30)/b17-11+,24-10?. The average Bonchev–Trinajstić information content (AvgIpc) is 2.81. The van der Waals surface area contributed by atoms with E-state index >= 15 is 0 Å². The second kappa shape index (κ2) is 10.1. The molecule has 32 heavy (non-hydrogen) atoms. The zero-order valence-corrected chi connectivity index (χ0v) is 18.7. The van der Waals surface area contributed by atoms with Gasteiger partial charge in [0.2, 0.25) is 5.95 Å². The van der Waals surface area contributed by atoms with E-state index < -0.39 is 0 Å². The van der Waals surface area contributed by atoms with Crippen molar-refractivity contribution in [1.82, 2.24) is 20.3 Å². The molecule has 168 valence electrons. The molecule has 0 unspecified atom stereocenters. The highest BCUT2D eigenvalue weighted by atomic mass is 16.5. The van der Waals surface area contributed by atoms with Gasteiger partial charge in [0.15, 0.2) is 5.82 Å². The van der Waals surface area contributed by atoms with E-state index in [0.717, 1.165) is 16.5 Å². The molecule has 1 aromatic carbocycles. The number of fused-ring (bicyclic) bond motifs is 1. The number of nitrogens with one attached hydrogen (secondary N) is 4. The van der Waals surface area contributed by atoms with Crippen molar-refractivity contribution in [2.24, 2.45) is 5.41 Å². The zero-order chi connectivity index (χ0) is 23.1. The molecule has 0 radical (unpaired) electrons. The van der Waals surface area contributed by atoms with E-state index in [1.807, 2.05) is 38.1 Å². The van der Waals surface area contributed by atoms with E-state index in [4.69, 9.17) is 10.1 Å². The highest BCUT2D eigenvalue weighted by Gasteiger charge is 2.17. The molecule has 0 aliphatic rings. The van der Waals surface area contributed by atoms with E-state index in [1.165, 1.54) is 6.21 Å². The quantitative estimate of drug-likeness (QED) is 0.307. The largest absolute Gasteiger partial charge is 0.495 e. The number of aromatic nitrogens is 3. The van der Waals surface area contributed by atoms with Gasteiger partial charge in [-0.1, -0.05) is 19.9 Å². The minimum absolute atomic E-state index is 0.0611. The van der Waals surface area contributed by atoms with Crippen molar-refractivity contribution >= 4 is 40.1 Å². The summed E-state index contributed by atoms with van der Waals surface area (Å²) in [6.45, 7) is 4.55. The van der Waals surface area contributed by atoms with Gasteiger partial charge in [-0.2, -0.15) is 0 Å². The Kier molecular flexibility index (Phi) is 7.21. The Morgan fingerprint density at radius 3 is 2.75 bits per heavy atom. The van der Waals surface area contributed by atoms with Crippen LogP contribution in [-0.4, -0.2) is 53.6 Å². The zero-order valence-electron chi connectivity index (χ0n) is 18.7. The first-order valence-electron chi connectivity index (χ1n) is 10.2. The van der Waals surface area contributed by atoms with Crippen LogP contribution in [-0.2, 0) is 0 Å². The predicted molar refractivity (Wildman–Crippen MR) is 129 cm³/mol. The second-order valence-corrected chi connectivity index (χ2v) is 8.04. The number of aliphatic hydroxyl groups excluding tert-OH is 1. The number of aliphatic hydroxyl groups is 1. The molecule has 0 amide bonds. The molecule has 0 aliphatic carbocycles. The van der Waals surface area contributed by atoms with Gasteiger partial charge in [-0.25, -0.2) is 15.0 Å². The summed E-state index contributed by atoms with van der Waals surface area (Å²) in [5, 5.41) is 27.4. The topological polar surface area (TPSA) is 128 Å². The van der Waals surface area contributed by atoms with Crippen LogP contribution in [0.4, 0.5) is 17.5 Å². The maximum Gasteiger partial charge on any atom is 0.227 e. The number of hydrogen-bond donors (Lipinski definition) is 5. The van der Waals surface area contributed by atoms with Gasteiger partial charge in [-0.3, -0.25) is 0 Å². The Hall–Kier alpha value is -3.72. The van der Waals surface area contributed by atoms with Crippen LogP contribution in [0.1, 0.15) is 19.4 Å². The third-order valence-electron chi connectivity index (χ3n) is 4.90. The Balaban J connectivity index is 1.91. The summed E-state index contributed by atoms with van der Waals surface area (Å²) in [6.07, 6.45) is 6.47. The molecule has 2 heterocycles. The van der Waals surface area contributed by atoms with Gasteiger partial charge in [-0.05, 0) is 23.8 Å². The molecular weight excluding hydrogens is 406 g/mol. The SMILES string of the molecule is CN/C=C(\C=N)c1ccc(Nc2ncc3ccnc(NCC(C)(C)CO)c3n2)c(OC)c1. The van der Waals surface area contributed by atoms with Gasteiger partial charge < -0.3 is 31.2 Å². The first-order valence-corrected chi connectivity index (χ1v) is 10.2. The normalized spacial score (nSPS) is 11.8. The van der Waals surface area contributed by atoms with Crippen LogP contribution >= 0.6 is 0 Å². The van der Waals surface area contributed by atoms with Crippen LogP contribution in [0.5, 0.6) is 5.75 Å². The number of ether oxygens (including phenoxy) is 1. The number of nitrogens with zero attached hydrogens (tertiary/aromatic N) is 3. The lowest BCUT2D eigenvalue weighted by molar-refractivity contribution is 0.171. The van der Waals surface area contributed by atoms with E-state index in [9.17, 15) is 5.11 Å². The summed E-state index contributed by atoms with van der Waals surface area (Å²) < 4.78 is 5.54. The smallest absolute Gasteiger partial charge is 0.227 e. The summed E-state index contributed by atoms with van der Waals surface area (Å²) >= 11 is 0. The molecule has 0 saturated heterocycles. The lowest BCUT2D eigenvalue weighted by atomic mass is 9.95. The van der Waals surface area contributed by atoms with E-state index in [-0.39, 0.29) is 12.0 Å². The van der Waals surface area contributed by atoms with Crippen molar-refractivity contribution in [1.29, 1.82) is 5.41 Å². The summed E-state index contributed by atoms with van der Waals surface area (Å²) in [5.74, 6) is 1.63. The van der Waals surface area contributed by atoms with Gasteiger partial charge in [0, 0.05) is 61.4 Å². The Morgan fingerprint density at radius 2 is 2.06 bits per heavy atom. The summed E-state index contributed by atoms with van der Waals surface area (Å²) in [4.78, 5) is 13.5. The second-order valence-electron chi connectivity index (χ2n) is 8.04. The van der Waals surface area contributed by atoms with Crippen LogP contribution in [0.25, 0.3) is 16.5 Å². The summed E-state index contributed by atoms with van der Waals surface area (Å²) in [5.41, 5.74) is 2.66. The van der Waals surface area contributed by atoms with Crippen LogP contribution in [0.15, 0.2) is 42.9 Å². The molecule has 0 fully saturated rings. The van der Waals surface area contributed by atoms with Crippen molar-refractivity contribution in [2.45, 2.75) is 13.8 Å². The van der Waals surface area contributed by atoms with Crippen molar-refractivity contribution in [3.8, 4) is 5.75 Å². The first kappa shape index (κ1) is 23.0. The molecule has 9 heteroatoms. The summed E-state index contributed by atoms with van der Waals surface area (Å²) in [6, 6.07) is 7.46. The van der Waals surface area contributed by atoms with Gasteiger partial charge in [0.1, 0.15) is 11.3 Å². The number of hydrogen-bond acceptors (Lipinski definition) is 9. The van der Waals surface area contributed by atoms with Crippen molar-refractivity contribution in [2.75, 3.05) is 37.9 Å². The molecule has 9 nitrogen and oxygen atoms in total. The van der Waals surface area contributed by atoms with Crippen LogP contribution < -0.4 is 20.7 Å². The monoisotopic (exact) mass is 435 g/mol. The Labute approximate surface area is 187 Å². The molecule has 0 bridgehead atoms. The number of allylic oxidation sites excluding steroid dienone is 1. The predicted octanol–water partition coefficient (Wildman–Crippen LogP) is 3.42. The first-order chi connectivity index (χ1) is 15.4. The number of pyridine rings is 1. The minimum Gasteiger partial charge on any atom is -0.495 e. The third-order valence-corrected chi connectivity index (χ3v) is 4.90. The van der Waals surface area contributed by atoms with Crippen molar-refractivity contribution in [3.63, 3.8) is 0 Å². The van der Waals surface area contributed by atoms with Crippen molar-refractivity contribution in [3.05, 3.63) is 48.4 Å². The maximum atomic E-state index is 9.52. The molecule has 2 aromatic heterocycles. The van der Waals surface area contributed by atoms with Gasteiger partial charge in [0.25, 0.3) is 0 Å². The summed E-state index contributed by atoms with van der Waals surface area (Å²) in [7, 11) is 3.38. The average molecular weight is 436 g/mol. The fourth-order valence-corrected chi connectivity index (χ4v) is 2.98. The molecule has 3 rings (SSSR count). The molecule has 0 atom stereocenters. The third kappa shape index (κ3) is 5.30. The van der Waals surface area contributed by atoms with Crippen LogP contribution in [0.2, 0.25) is 0 Å². The maximum absolute atomic E-state index is 9.52. The number of benzene rings is 1. The van der Waals surface area contributed by atoms with E-state index in [2.05, 4.69) is 30.9 Å². The molecule has 0 spiro atoms. The number of anilines is 3. The van der Waals surface area contributed by atoms with Gasteiger partial charge >= 0.3 is 0 Å². The molecule has 0 aliphatic heterocycles. The lowest BCUT2D eigenvalue weighted by Gasteiger charge is -2.22. The minimum atomic E-state index is -0.288.